The van der Waals surface area contributed by atoms with Gasteiger partial charge < -0.3 is 19.8 Å². The van der Waals surface area contributed by atoms with Crippen molar-refractivity contribution in [1.29, 1.82) is 0 Å². The van der Waals surface area contributed by atoms with Crippen LogP contribution in [0.2, 0.25) is 0 Å². The molecular weight excluding hydrogens is 452 g/mol. The third-order valence-electron chi connectivity index (χ3n) is 9.84. The number of allylic oxidation sites excluding steroid dienone is 4. The maximum Gasteiger partial charge on any atom is 0.235 e. The molecule has 1 aromatic heterocycles. The van der Waals surface area contributed by atoms with Crippen LogP contribution in [0.15, 0.2) is 52.1 Å². The molecule has 4 saturated carbocycles. The van der Waals surface area contributed by atoms with Crippen LogP contribution in [-0.4, -0.2) is 43.8 Å². The van der Waals surface area contributed by atoms with Gasteiger partial charge in [-0.3, -0.25) is 0 Å². The summed E-state index contributed by atoms with van der Waals surface area (Å²) in [5.41, 5.74) is 3.06. The van der Waals surface area contributed by atoms with Gasteiger partial charge in [0.05, 0.1) is 23.7 Å². The van der Waals surface area contributed by atoms with E-state index in [0.29, 0.717) is 42.3 Å². The zero-order valence-electron chi connectivity index (χ0n) is 22.0. The monoisotopic (exact) mass is 494 g/mol. The molecule has 0 spiro atoms. The van der Waals surface area contributed by atoms with Crippen molar-refractivity contribution in [2.75, 3.05) is 0 Å². The van der Waals surface area contributed by atoms with Crippen LogP contribution >= 0.6 is 0 Å². The first kappa shape index (κ1) is 25.6. The molecule has 4 aliphatic carbocycles. The van der Waals surface area contributed by atoms with Gasteiger partial charge in [-0.2, -0.15) is 4.98 Å². The topological polar surface area (TPSA) is 99.6 Å². The predicted molar refractivity (Wildman–Crippen MR) is 139 cm³/mol. The first-order valence-electron chi connectivity index (χ1n) is 13.8. The number of aliphatic hydroxyl groups is 3. The second-order valence-corrected chi connectivity index (χ2v) is 12.2. The fourth-order valence-electron chi connectivity index (χ4n) is 7.48. The Morgan fingerprint density at radius 2 is 1.92 bits per heavy atom. The molecular formula is C30H42N2O4. The van der Waals surface area contributed by atoms with Gasteiger partial charge in [-0.25, -0.2) is 0 Å². The Labute approximate surface area is 214 Å². The van der Waals surface area contributed by atoms with Gasteiger partial charge >= 0.3 is 0 Å². The molecule has 3 N–H and O–H groups in total. The van der Waals surface area contributed by atoms with E-state index in [4.69, 9.17) is 4.52 Å². The molecule has 4 fully saturated rings. The van der Waals surface area contributed by atoms with Gasteiger partial charge in [-0.15, -0.1) is 0 Å². The molecule has 0 unspecified atom stereocenters. The average molecular weight is 495 g/mol. The normalized spacial score (nSPS) is 38.0. The molecule has 196 valence electrons. The fraction of sp³-hybridized carbons (Fsp3) is 0.667. The first-order valence-corrected chi connectivity index (χ1v) is 13.8. The highest BCUT2D eigenvalue weighted by Crippen LogP contribution is 2.59. The second kappa shape index (κ2) is 9.70. The number of aryl methyl sites for hydroxylation is 1. The predicted octanol–water partition coefficient (Wildman–Crippen LogP) is 5.10. The quantitative estimate of drug-likeness (QED) is 0.476. The summed E-state index contributed by atoms with van der Waals surface area (Å²) in [4.78, 5) is 4.39. The van der Waals surface area contributed by atoms with E-state index in [9.17, 15) is 15.3 Å². The van der Waals surface area contributed by atoms with E-state index in [1.54, 1.807) is 0 Å². The highest BCUT2D eigenvalue weighted by molar-refractivity contribution is 5.38. The van der Waals surface area contributed by atoms with Gasteiger partial charge in [-0.05, 0) is 92.6 Å². The molecule has 6 heteroatoms. The number of aliphatic hydroxyl groups excluding tert-OH is 3. The van der Waals surface area contributed by atoms with Crippen molar-refractivity contribution in [2.45, 2.75) is 102 Å². The molecule has 0 amide bonds. The van der Waals surface area contributed by atoms with Gasteiger partial charge in [0.15, 0.2) is 5.82 Å². The number of fused-ring (bicyclic) bond motifs is 1. The van der Waals surface area contributed by atoms with Gasteiger partial charge in [0.2, 0.25) is 5.89 Å². The van der Waals surface area contributed by atoms with Gasteiger partial charge in [0, 0.05) is 6.42 Å². The number of aromatic nitrogens is 2. The maximum absolute atomic E-state index is 11.0. The Hall–Kier alpha value is -2.02. The number of rotatable bonds is 6. The van der Waals surface area contributed by atoms with Crippen LogP contribution in [0.5, 0.6) is 0 Å². The lowest BCUT2D eigenvalue weighted by Gasteiger charge is -2.44. The molecule has 6 nitrogen and oxygen atoms in total. The van der Waals surface area contributed by atoms with Crippen LogP contribution in [0.1, 0.15) is 83.3 Å². The van der Waals surface area contributed by atoms with Crippen LogP contribution in [0.25, 0.3) is 0 Å². The summed E-state index contributed by atoms with van der Waals surface area (Å²) in [6.45, 7) is 10.6. The van der Waals surface area contributed by atoms with Crippen molar-refractivity contribution in [3.05, 3.63) is 59.3 Å². The zero-order valence-corrected chi connectivity index (χ0v) is 22.0. The molecule has 0 aliphatic heterocycles. The lowest BCUT2D eigenvalue weighted by molar-refractivity contribution is 0.0862. The van der Waals surface area contributed by atoms with Crippen molar-refractivity contribution >= 4 is 0 Å². The highest BCUT2D eigenvalue weighted by Gasteiger charge is 2.54. The Bertz CT molecular complexity index is 1080. The largest absolute Gasteiger partial charge is 0.393 e. The Kier molecular flexibility index (Phi) is 6.90. The lowest BCUT2D eigenvalue weighted by Crippen LogP contribution is -2.35. The molecule has 0 radical (unpaired) electrons. The van der Waals surface area contributed by atoms with E-state index in [0.717, 1.165) is 30.4 Å². The maximum atomic E-state index is 11.0. The minimum absolute atomic E-state index is 0.237. The van der Waals surface area contributed by atoms with Gasteiger partial charge in [0.25, 0.3) is 0 Å². The van der Waals surface area contributed by atoms with Crippen LogP contribution in [0, 0.1) is 30.1 Å². The molecule has 1 aromatic rings. The Morgan fingerprint density at radius 1 is 1.14 bits per heavy atom. The standard InChI is InChI=1S/C30H42N2O4/c1-18(7-12-27(35)30(14-15-30)28-31-20(3)32-36-28)24-10-11-25-21(6-5-13-29(24,25)4)8-9-22-16-23(33)17-26(34)19(22)2/h7-9,12,18,23-27,33-35H,2,5-6,10-11,13-17H2,1,3-4H3/t18-,23-,24-,25+,26+,27-,29-/m1/s1. The molecule has 36 heavy (non-hydrogen) atoms. The van der Waals surface area contributed by atoms with E-state index in [1.165, 1.54) is 31.3 Å². The van der Waals surface area contributed by atoms with Crippen molar-refractivity contribution in [3.8, 4) is 0 Å². The summed E-state index contributed by atoms with van der Waals surface area (Å²) in [6, 6.07) is 0. The van der Waals surface area contributed by atoms with Crippen LogP contribution < -0.4 is 0 Å². The minimum Gasteiger partial charge on any atom is -0.393 e. The third kappa shape index (κ3) is 4.57. The van der Waals surface area contributed by atoms with Gasteiger partial charge in [0.1, 0.15) is 0 Å². The molecule has 0 bridgehead atoms. The summed E-state index contributed by atoms with van der Waals surface area (Å²) in [6.07, 6.45) is 15.4. The Balaban J connectivity index is 1.29. The van der Waals surface area contributed by atoms with Crippen molar-refractivity contribution in [1.82, 2.24) is 10.1 Å². The number of hydrogen-bond donors (Lipinski definition) is 3. The first-order chi connectivity index (χ1) is 17.1. The van der Waals surface area contributed by atoms with Crippen molar-refractivity contribution in [3.63, 3.8) is 0 Å². The summed E-state index contributed by atoms with van der Waals surface area (Å²) in [5.74, 6) is 2.67. The van der Waals surface area contributed by atoms with Crippen molar-refractivity contribution < 1.29 is 19.8 Å². The smallest absolute Gasteiger partial charge is 0.235 e. The molecule has 0 aromatic carbocycles. The molecule has 1 heterocycles. The van der Waals surface area contributed by atoms with Crippen LogP contribution in [0.4, 0.5) is 0 Å². The fourth-order valence-corrected chi connectivity index (χ4v) is 7.48. The SMILES string of the molecule is C=C1C(=CC=C2CCC[C@]3(C)[C@@H]([C@H](C)C=C[C@@H](O)C4(c5nc(C)no5)CC4)CC[C@@H]23)C[C@@H](O)C[C@@H]1O. The number of nitrogens with zero attached hydrogens (tertiary/aromatic N) is 2. The zero-order chi connectivity index (χ0) is 25.7. The van der Waals surface area contributed by atoms with E-state index in [-0.39, 0.29) is 5.41 Å². The average Bonchev–Trinajstić information content (AvgIpc) is 3.41. The summed E-state index contributed by atoms with van der Waals surface area (Å²) >= 11 is 0. The van der Waals surface area contributed by atoms with E-state index in [1.807, 2.05) is 13.0 Å². The third-order valence-corrected chi connectivity index (χ3v) is 9.84. The lowest BCUT2D eigenvalue weighted by atomic mass is 9.61. The molecule has 0 saturated heterocycles. The highest BCUT2D eigenvalue weighted by atomic mass is 16.5. The van der Waals surface area contributed by atoms with Crippen molar-refractivity contribution in [2.24, 2.45) is 23.2 Å². The van der Waals surface area contributed by atoms with Crippen LogP contribution in [0.3, 0.4) is 0 Å². The minimum atomic E-state index is -0.646. The molecule has 7 atom stereocenters. The number of hydrogen-bond acceptors (Lipinski definition) is 6. The summed E-state index contributed by atoms with van der Waals surface area (Å²) < 4.78 is 5.40. The second-order valence-electron chi connectivity index (χ2n) is 12.2. The van der Waals surface area contributed by atoms with Gasteiger partial charge in [-0.1, -0.05) is 55.5 Å². The van der Waals surface area contributed by atoms with E-state index in [2.05, 4.69) is 48.8 Å². The summed E-state index contributed by atoms with van der Waals surface area (Å²) in [7, 11) is 0. The Morgan fingerprint density at radius 3 is 2.61 bits per heavy atom. The van der Waals surface area contributed by atoms with E-state index >= 15 is 0 Å². The van der Waals surface area contributed by atoms with E-state index < -0.39 is 23.7 Å². The summed E-state index contributed by atoms with van der Waals surface area (Å²) in [5, 5.41) is 35.2. The van der Waals surface area contributed by atoms with Crippen LogP contribution in [-0.2, 0) is 5.41 Å². The molecule has 4 aliphatic rings. The molecule has 5 rings (SSSR count).